The summed E-state index contributed by atoms with van der Waals surface area (Å²) in [4.78, 5) is 30.0. The zero-order chi connectivity index (χ0) is 26.1. The van der Waals surface area contributed by atoms with E-state index in [1.165, 1.54) is 0 Å². The second kappa shape index (κ2) is 12.2. The molecule has 1 aliphatic rings. The summed E-state index contributed by atoms with van der Waals surface area (Å²) >= 11 is 0. The summed E-state index contributed by atoms with van der Waals surface area (Å²) in [5.74, 6) is 0.380. The molecule has 36 heavy (non-hydrogen) atoms. The number of amides is 2. The zero-order valence-electron chi connectivity index (χ0n) is 20.7. The molecule has 0 aromatic heterocycles. The summed E-state index contributed by atoms with van der Waals surface area (Å²) in [5, 5.41) is 27.9. The number of hydrazone groups is 1. The van der Waals surface area contributed by atoms with Gasteiger partial charge in [0.15, 0.2) is 12.4 Å². The summed E-state index contributed by atoms with van der Waals surface area (Å²) in [5.41, 5.74) is 3.51. The van der Waals surface area contributed by atoms with Crippen molar-refractivity contribution in [3.05, 3.63) is 59.7 Å². The quantitative estimate of drug-likeness (QED) is 0.408. The molecule has 2 aromatic carbocycles. The summed E-state index contributed by atoms with van der Waals surface area (Å²) in [6.07, 6.45) is 0.120. The third-order valence-corrected chi connectivity index (χ3v) is 5.50. The van der Waals surface area contributed by atoms with Crippen LogP contribution in [0.5, 0.6) is 11.5 Å². The van der Waals surface area contributed by atoms with E-state index in [0.717, 1.165) is 5.56 Å². The van der Waals surface area contributed by atoms with Gasteiger partial charge >= 0.3 is 0 Å². The van der Waals surface area contributed by atoms with Crippen LogP contribution in [-0.2, 0) is 9.59 Å². The topological polar surface area (TPSA) is 136 Å². The van der Waals surface area contributed by atoms with Crippen LogP contribution in [-0.4, -0.2) is 59.0 Å². The van der Waals surface area contributed by atoms with E-state index in [1.54, 1.807) is 48.4 Å². The number of hydrogen-bond acceptors (Lipinski definition) is 8. The van der Waals surface area contributed by atoms with Gasteiger partial charge in [-0.1, -0.05) is 24.3 Å². The second-order valence-electron chi connectivity index (χ2n) is 9.08. The van der Waals surface area contributed by atoms with Crippen LogP contribution in [0.3, 0.4) is 0 Å². The van der Waals surface area contributed by atoms with Crippen molar-refractivity contribution in [3.8, 4) is 17.6 Å². The van der Waals surface area contributed by atoms with E-state index >= 15 is 0 Å². The van der Waals surface area contributed by atoms with E-state index in [1.807, 2.05) is 26.0 Å². The molecular formula is C26H31N5O5. The largest absolute Gasteiger partial charge is 0.483 e. The van der Waals surface area contributed by atoms with Gasteiger partial charge in [0.05, 0.1) is 29.5 Å². The van der Waals surface area contributed by atoms with Crippen molar-refractivity contribution < 1.29 is 24.3 Å². The molecule has 190 valence electrons. The maximum atomic E-state index is 12.6. The lowest BCUT2D eigenvalue weighted by atomic mass is 10.0. The van der Waals surface area contributed by atoms with E-state index in [2.05, 4.69) is 21.9 Å². The molecular weight excluding hydrogens is 462 g/mol. The Balaban J connectivity index is 1.62. The zero-order valence-corrected chi connectivity index (χ0v) is 20.7. The van der Waals surface area contributed by atoms with Gasteiger partial charge in [-0.05, 0) is 45.0 Å². The first-order valence-electron chi connectivity index (χ1n) is 11.7. The van der Waals surface area contributed by atoms with Gasteiger partial charge in [-0.15, -0.1) is 5.06 Å². The lowest BCUT2D eigenvalue weighted by Crippen LogP contribution is -2.55. The summed E-state index contributed by atoms with van der Waals surface area (Å²) in [6, 6.07) is 16.1. The highest BCUT2D eigenvalue weighted by Crippen LogP contribution is 2.24. The van der Waals surface area contributed by atoms with Crippen LogP contribution >= 0.6 is 0 Å². The molecule has 0 aliphatic carbocycles. The Morgan fingerprint density at radius 1 is 1.22 bits per heavy atom. The maximum Gasteiger partial charge on any atom is 0.258 e. The van der Waals surface area contributed by atoms with Crippen LogP contribution in [0.4, 0.5) is 0 Å². The fourth-order valence-corrected chi connectivity index (χ4v) is 3.50. The van der Waals surface area contributed by atoms with Gasteiger partial charge in [0, 0.05) is 24.9 Å². The van der Waals surface area contributed by atoms with Crippen molar-refractivity contribution in [3.63, 3.8) is 0 Å². The molecule has 1 unspecified atom stereocenters. The van der Waals surface area contributed by atoms with E-state index in [-0.39, 0.29) is 31.5 Å². The Hall–Kier alpha value is -3.94. The van der Waals surface area contributed by atoms with Gasteiger partial charge in [-0.25, -0.2) is 5.43 Å². The highest BCUT2D eigenvalue weighted by atomic mass is 16.7. The van der Waals surface area contributed by atoms with Gasteiger partial charge in [0.25, 0.3) is 5.91 Å². The predicted octanol–water partition coefficient (Wildman–Crippen LogP) is 2.12. The van der Waals surface area contributed by atoms with Crippen LogP contribution in [0.1, 0.15) is 44.7 Å². The molecule has 3 rings (SSSR count). The first kappa shape index (κ1) is 26.7. The Kier molecular flexibility index (Phi) is 9.00. The van der Waals surface area contributed by atoms with Gasteiger partial charge in [0.2, 0.25) is 5.91 Å². The molecule has 0 saturated heterocycles. The van der Waals surface area contributed by atoms with Gasteiger partial charge in [0.1, 0.15) is 11.8 Å². The smallest absolute Gasteiger partial charge is 0.258 e. The van der Waals surface area contributed by atoms with Gasteiger partial charge in [-0.3, -0.25) is 9.59 Å². The van der Waals surface area contributed by atoms with Crippen molar-refractivity contribution in [2.24, 2.45) is 5.10 Å². The van der Waals surface area contributed by atoms with Gasteiger partial charge in [-0.2, -0.15) is 10.4 Å². The number of nitriles is 1. The molecule has 0 fully saturated rings. The highest BCUT2D eigenvalue weighted by Gasteiger charge is 2.31. The number of nitrogens with one attached hydrogen (secondary N) is 2. The predicted molar refractivity (Wildman–Crippen MR) is 133 cm³/mol. The third kappa shape index (κ3) is 7.28. The lowest BCUT2D eigenvalue weighted by Gasteiger charge is -2.38. The SMILES string of the molecule is CC(O)CN(Oc1ccccc1C#N)C(C)(C)CNC(=O)COc1ccccc1C1=NNC(=O)CC1. The summed E-state index contributed by atoms with van der Waals surface area (Å²) < 4.78 is 5.77. The van der Waals surface area contributed by atoms with E-state index in [9.17, 15) is 20.0 Å². The fraction of sp³-hybridized carbons (Fsp3) is 0.385. The standard InChI is InChI=1S/C26H31N5O5/c1-18(32)15-31(36-22-10-6-4-8-19(22)14-27)26(2,3)17-28-25(34)16-35-23-11-7-5-9-20(23)21-12-13-24(33)30-29-21/h4-11,18,32H,12-13,15-17H2,1-3H3,(H,28,34)(H,30,33). The number of aliphatic hydroxyl groups is 1. The van der Waals surface area contributed by atoms with Crippen LogP contribution in [0, 0.1) is 11.3 Å². The summed E-state index contributed by atoms with van der Waals surface area (Å²) in [6.45, 7) is 5.48. The number of ether oxygens (including phenoxy) is 1. The third-order valence-electron chi connectivity index (χ3n) is 5.50. The molecule has 10 heteroatoms. The average Bonchev–Trinajstić information content (AvgIpc) is 2.86. The molecule has 1 atom stereocenters. The number of hydrogen-bond donors (Lipinski definition) is 3. The number of aliphatic hydroxyl groups excluding tert-OH is 1. The number of para-hydroxylation sites is 2. The number of carbonyl (C=O) groups excluding carboxylic acids is 2. The summed E-state index contributed by atoms with van der Waals surface area (Å²) in [7, 11) is 0. The molecule has 2 amide bonds. The molecule has 3 N–H and O–H groups in total. The Labute approximate surface area is 210 Å². The Morgan fingerprint density at radius 3 is 2.58 bits per heavy atom. The minimum absolute atomic E-state index is 0.135. The normalized spacial score (nSPS) is 14.3. The van der Waals surface area contributed by atoms with Gasteiger partial charge < -0.3 is 20.0 Å². The van der Waals surface area contributed by atoms with E-state index in [4.69, 9.17) is 9.57 Å². The molecule has 1 heterocycles. The number of rotatable bonds is 11. The molecule has 0 spiro atoms. The molecule has 1 aliphatic heterocycles. The Bertz CT molecular complexity index is 1160. The number of hydroxylamine groups is 2. The number of benzene rings is 2. The van der Waals surface area contributed by atoms with Crippen LogP contribution in [0.2, 0.25) is 0 Å². The first-order valence-corrected chi connectivity index (χ1v) is 11.7. The maximum absolute atomic E-state index is 12.6. The van der Waals surface area contributed by atoms with E-state index in [0.29, 0.717) is 35.6 Å². The van der Waals surface area contributed by atoms with Crippen LogP contribution < -0.4 is 20.3 Å². The van der Waals surface area contributed by atoms with Crippen LogP contribution in [0.25, 0.3) is 0 Å². The molecule has 0 radical (unpaired) electrons. The van der Waals surface area contributed by atoms with Crippen molar-refractivity contribution in [1.29, 1.82) is 5.26 Å². The van der Waals surface area contributed by atoms with Crippen molar-refractivity contribution in [2.75, 3.05) is 19.7 Å². The molecule has 0 saturated carbocycles. The van der Waals surface area contributed by atoms with Crippen LogP contribution in [0.15, 0.2) is 53.6 Å². The minimum Gasteiger partial charge on any atom is -0.483 e. The number of nitrogens with zero attached hydrogens (tertiary/aromatic N) is 3. The van der Waals surface area contributed by atoms with Crippen molar-refractivity contribution in [2.45, 2.75) is 45.3 Å². The van der Waals surface area contributed by atoms with Crippen molar-refractivity contribution >= 4 is 17.5 Å². The monoisotopic (exact) mass is 493 g/mol. The fourth-order valence-electron chi connectivity index (χ4n) is 3.50. The number of carbonyl (C=O) groups is 2. The number of β-amino-alcohol motifs (C(OH)–C–C–N with tert-alkyl or cyclic N) is 1. The minimum atomic E-state index is -0.734. The molecule has 0 bridgehead atoms. The van der Waals surface area contributed by atoms with E-state index < -0.39 is 11.6 Å². The average molecular weight is 494 g/mol. The highest BCUT2D eigenvalue weighted by molar-refractivity contribution is 6.06. The van der Waals surface area contributed by atoms with Crippen molar-refractivity contribution in [1.82, 2.24) is 15.8 Å². The lowest BCUT2D eigenvalue weighted by molar-refractivity contribution is -0.150. The second-order valence-corrected chi connectivity index (χ2v) is 9.08. The molecule has 2 aromatic rings. The first-order chi connectivity index (χ1) is 17.2. The Morgan fingerprint density at radius 2 is 1.92 bits per heavy atom. The molecule has 10 nitrogen and oxygen atoms in total.